The molecule has 0 radical (unpaired) electrons. The van der Waals surface area contributed by atoms with Gasteiger partial charge in [0.1, 0.15) is 0 Å². The molecule has 0 aromatic carbocycles. The van der Waals surface area contributed by atoms with Crippen LogP contribution in [-0.4, -0.2) is 43.7 Å². The van der Waals surface area contributed by atoms with E-state index in [0.717, 1.165) is 38.6 Å². The largest absolute Gasteiger partial charge is 0.396 e. The monoisotopic (exact) mass is 263 g/mol. The van der Waals surface area contributed by atoms with Crippen LogP contribution in [0.1, 0.15) is 45.4 Å². The van der Waals surface area contributed by atoms with Crippen molar-refractivity contribution in [3.05, 3.63) is 0 Å². The summed E-state index contributed by atoms with van der Waals surface area (Å²) in [4.78, 5) is 0. The highest BCUT2D eigenvalue weighted by atomic mass is 32.2. The molecular weight excluding hydrogens is 238 g/mol. The van der Waals surface area contributed by atoms with E-state index in [4.69, 9.17) is 5.11 Å². The maximum Gasteiger partial charge on any atom is 0.154 e. The summed E-state index contributed by atoms with van der Waals surface area (Å²) < 4.78 is 24.3. The Balaban J connectivity index is 2.51. The molecule has 5 heteroatoms. The van der Waals surface area contributed by atoms with Gasteiger partial charge < -0.3 is 10.4 Å². The van der Waals surface area contributed by atoms with Gasteiger partial charge in [0.05, 0.1) is 11.0 Å². The van der Waals surface area contributed by atoms with E-state index in [-0.39, 0.29) is 23.7 Å². The van der Waals surface area contributed by atoms with E-state index < -0.39 is 9.84 Å². The Morgan fingerprint density at radius 3 is 2.53 bits per heavy atom. The minimum Gasteiger partial charge on any atom is -0.396 e. The molecule has 1 rings (SSSR count). The average Bonchev–Trinajstić information content (AvgIpc) is 2.80. The highest BCUT2D eigenvalue weighted by Gasteiger charge is 2.30. The molecule has 1 saturated carbocycles. The molecule has 2 N–H and O–H groups in total. The third kappa shape index (κ3) is 4.94. The highest BCUT2D eigenvalue weighted by molar-refractivity contribution is 7.92. The molecule has 0 amide bonds. The predicted molar refractivity (Wildman–Crippen MR) is 69.8 cm³/mol. The molecule has 1 atom stereocenters. The van der Waals surface area contributed by atoms with Crippen LogP contribution in [0.2, 0.25) is 0 Å². The van der Waals surface area contributed by atoms with Crippen LogP contribution in [0.15, 0.2) is 0 Å². The first-order valence-corrected chi connectivity index (χ1v) is 8.37. The molecule has 0 aliphatic heterocycles. The predicted octanol–water partition coefficient (Wildman–Crippen LogP) is 1.09. The standard InChI is InChI=1S/C12H25NO3S/c1-2-8-13-11(7-9-14)10-17(15,16)12-5-3-4-6-12/h11-14H,2-10H2,1H3. The zero-order valence-electron chi connectivity index (χ0n) is 10.7. The molecule has 0 bridgehead atoms. The van der Waals surface area contributed by atoms with Gasteiger partial charge in [0.2, 0.25) is 0 Å². The van der Waals surface area contributed by atoms with Crippen molar-refractivity contribution in [1.29, 1.82) is 0 Å². The van der Waals surface area contributed by atoms with Crippen molar-refractivity contribution in [2.45, 2.75) is 56.7 Å². The Hall–Kier alpha value is -0.130. The minimum atomic E-state index is -2.99. The lowest BCUT2D eigenvalue weighted by Gasteiger charge is -2.20. The number of sulfone groups is 1. The fourth-order valence-electron chi connectivity index (χ4n) is 2.41. The average molecular weight is 263 g/mol. The number of hydrogen-bond acceptors (Lipinski definition) is 4. The van der Waals surface area contributed by atoms with E-state index in [1.54, 1.807) is 0 Å². The van der Waals surface area contributed by atoms with Crippen molar-refractivity contribution < 1.29 is 13.5 Å². The van der Waals surface area contributed by atoms with Crippen LogP contribution in [-0.2, 0) is 9.84 Å². The van der Waals surface area contributed by atoms with Gasteiger partial charge in [-0.15, -0.1) is 0 Å². The summed E-state index contributed by atoms with van der Waals surface area (Å²) in [5.41, 5.74) is 0. The van der Waals surface area contributed by atoms with Gasteiger partial charge in [-0.3, -0.25) is 0 Å². The van der Waals surface area contributed by atoms with Crippen LogP contribution in [0.5, 0.6) is 0 Å². The Morgan fingerprint density at radius 2 is 2.00 bits per heavy atom. The van der Waals surface area contributed by atoms with E-state index in [1.165, 1.54) is 0 Å². The summed E-state index contributed by atoms with van der Waals surface area (Å²) >= 11 is 0. The number of hydrogen-bond donors (Lipinski definition) is 2. The van der Waals surface area contributed by atoms with Crippen LogP contribution < -0.4 is 5.32 Å². The van der Waals surface area contributed by atoms with Crippen molar-refractivity contribution in [2.75, 3.05) is 18.9 Å². The first kappa shape index (κ1) is 14.9. The normalized spacial score (nSPS) is 19.6. The molecule has 0 aromatic rings. The zero-order chi connectivity index (χ0) is 12.7. The van der Waals surface area contributed by atoms with Crippen molar-refractivity contribution in [3.63, 3.8) is 0 Å². The number of nitrogens with one attached hydrogen (secondary N) is 1. The molecule has 1 unspecified atom stereocenters. The van der Waals surface area contributed by atoms with Crippen molar-refractivity contribution in [2.24, 2.45) is 0 Å². The summed E-state index contributed by atoms with van der Waals surface area (Å²) in [6, 6.07) is -0.0921. The van der Waals surface area contributed by atoms with Crippen molar-refractivity contribution in [1.82, 2.24) is 5.32 Å². The molecule has 0 heterocycles. The Labute approximate surface area is 105 Å². The van der Waals surface area contributed by atoms with Gasteiger partial charge >= 0.3 is 0 Å². The Kier molecular flexibility index (Phi) is 6.44. The van der Waals surface area contributed by atoms with E-state index >= 15 is 0 Å². The maximum absolute atomic E-state index is 12.2. The van der Waals surface area contributed by atoms with Gasteiger partial charge in [-0.1, -0.05) is 19.8 Å². The van der Waals surface area contributed by atoms with E-state index in [1.807, 2.05) is 0 Å². The zero-order valence-corrected chi connectivity index (χ0v) is 11.5. The Bertz CT molecular complexity index is 297. The highest BCUT2D eigenvalue weighted by Crippen LogP contribution is 2.25. The molecule has 102 valence electrons. The van der Waals surface area contributed by atoms with E-state index in [2.05, 4.69) is 12.2 Å². The molecule has 0 aromatic heterocycles. The number of aliphatic hydroxyl groups excluding tert-OH is 1. The third-order valence-electron chi connectivity index (χ3n) is 3.40. The smallest absolute Gasteiger partial charge is 0.154 e. The second-order valence-corrected chi connectivity index (χ2v) is 7.23. The van der Waals surface area contributed by atoms with Crippen molar-refractivity contribution >= 4 is 9.84 Å². The van der Waals surface area contributed by atoms with Crippen molar-refractivity contribution in [3.8, 4) is 0 Å². The summed E-state index contributed by atoms with van der Waals surface area (Å²) in [5.74, 6) is 0.179. The fourth-order valence-corrected chi connectivity index (χ4v) is 4.58. The van der Waals surface area contributed by atoms with Gasteiger partial charge in [-0.25, -0.2) is 8.42 Å². The summed E-state index contributed by atoms with van der Waals surface area (Å²) in [6.07, 6.45) is 5.22. The Morgan fingerprint density at radius 1 is 1.35 bits per heavy atom. The van der Waals surface area contributed by atoms with E-state index in [9.17, 15) is 8.42 Å². The van der Waals surface area contributed by atoms with Crippen LogP contribution in [0.4, 0.5) is 0 Å². The molecule has 1 fully saturated rings. The first-order valence-electron chi connectivity index (χ1n) is 6.66. The lowest BCUT2D eigenvalue weighted by atomic mass is 10.2. The summed E-state index contributed by atoms with van der Waals surface area (Å²) in [6.45, 7) is 2.90. The lowest BCUT2D eigenvalue weighted by Crippen LogP contribution is -2.39. The van der Waals surface area contributed by atoms with E-state index in [0.29, 0.717) is 6.42 Å². The van der Waals surface area contributed by atoms with Crippen LogP contribution in [0.25, 0.3) is 0 Å². The fraction of sp³-hybridized carbons (Fsp3) is 1.00. The minimum absolute atomic E-state index is 0.0432. The first-order chi connectivity index (χ1) is 8.10. The van der Waals surface area contributed by atoms with Gasteiger partial charge in [0, 0.05) is 12.6 Å². The number of rotatable bonds is 8. The van der Waals surface area contributed by atoms with Gasteiger partial charge in [0.25, 0.3) is 0 Å². The lowest BCUT2D eigenvalue weighted by molar-refractivity contribution is 0.269. The molecule has 0 spiro atoms. The molecule has 1 aliphatic rings. The van der Waals surface area contributed by atoms with Crippen LogP contribution in [0.3, 0.4) is 0 Å². The quantitative estimate of drug-likeness (QED) is 0.688. The second-order valence-electron chi connectivity index (χ2n) is 4.90. The number of aliphatic hydroxyl groups is 1. The molecule has 4 nitrogen and oxygen atoms in total. The molecular formula is C12H25NO3S. The summed E-state index contributed by atoms with van der Waals surface area (Å²) in [5, 5.41) is 12.0. The van der Waals surface area contributed by atoms with Gasteiger partial charge in [-0.05, 0) is 32.2 Å². The summed E-state index contributed by atoms with van der Waals surface area (Å²) in [7, 11) is -2.99. The second kappa shape index (κ2) is 7.34. The van der Waals surface area contributed by atoms with Gasteiger partial charge in [-0.2, -0.15) is 0 Å². The van der Waals surface area contributed by atoms with Crippen LogP contribution >= 0.6 is 0 Å². The van der Waals surface area contributed by atoms with Crippen LogP contribution in [0, 0.1) is 0 Å². The molecule has 0 saturated heterocycles. The molecule has 17 heavy (non-hydrogen) atoms. The van der Waals surface area contributed by atoms with Gasteiger partial charge in [0.15, 0.2) is 9.84 Å². The maximum atomic E-state index is 12.2. The topological polar surface area (TPSA) is 66.4 Å². The molecule has 1 aliphatic carbocycles. The SMILES string of the molecule is CCCNC(CCO)CS(=O)(=O)C1CCCC1. The third-order valence-corrected chi connectivity index (χ3v) is 5.76.